The van der Waals surface area contributed by atoms with Gasteiger partial charge in [0.2, 0.25) is 5.90 Å². The molecule has 0 aliphatic carbocycles. The first-order valence-electron chi connectivity index (χ1n) is 7.81. The standard InChI is InChI=1S/C18H20N2O4/c1-3-7-14-17-15(10-11-20(14)18(21)22-2)23-16(19-24-17)12-13-8-5-4-6-9-13/h3-6,8-11,14-15,17H,1,7,12H2,2H3/t14?,15?,17-/m0/s1. The molecule has 0 saturated heterocycles. The lowest BCUT2D eigenvalue weighted by atomic mass is 9.97. The number of carbonyl (C=O) groups excluding carboxylic acids is 1. The number of fused-ring (bicyclic) bond motifs is 1. The fourth-order valence-corrected chi connectivity index (χ4v) is 2.87. The summed E-state index contributed by atoms with van der Waals surface area (Å²) in [7, 11) is 1.35. The van der Waals surface area contributed by atoms with Crippen LogP contribution in [0.2, 0.25) is 0 Å². The number of ether oxygens (including phenoxy) is 2. The summed E-state index contributed by atoms with van der Waals surface area (Å²) in [6, 6.07) is 9.65. The number of oxime groups is 1. The Hall–Kier alpha value is -2.76. The van der Waals surface area contributed by atoms with E-state index in [1.165, 1.54) is 12.0 Å². The predicted molar refractivity (Wildman–Crippen MR) is 89.3 cm³/mol. The Morgan fingerprint density at radius 2 is 2.21 bits per heavy atom. The Kier molecular flexibility index (Phi) is 4.84. The summed E-state index contributed by atoms with van der Waals surface area (Å²) in [6.07, 6.45) is 5.18. The molecular formula is C18H20N2O4. The van der Waals surface area contributed by atoms with E-state index in [1.54, 1.807) is 18.4 Å². The molecule has 2 heterocycles. The summed E-state index contributed by atoms with van der Waals surface area (Å²) < 4.78 is 10.8. The van der Waals surface area contributed by atoms with Crippen molar-refractivity contribution in [3.05, 3.63) is 60.8 Å². The third-order valence-corrected chi connectivity index (χ3v) is 4.04. The number of methoxy groups -OCH3 is 1. The minimum atomic E-state index is -0.445. The van der Waals surface area contributed by atoms with Gasteiger partial charge in [0, 0.05) is 6.20 Å². The van der Waals surface area contributed by atoms with Crippen LogP contribution in [0.5, 0.6) is 0 Å². The molecule has 1 aromatic carbocycles. The van der Waals surface area contributed by atoms with E-state index < -0.39 is 12.2 Å². The molecule has 24 heavy (non-hydrogen) atoms. The zero-order valence-electron chi connectivity index (χ0n) is 13.5. The first kappa shape index (κ1) is 16.1. The second-order valence-electron chi connectivity index (χ2n) is 5.61. The second-order valence-corrected chi connectivity index (χ2v) is 5.61. The maximum Gasteiger partial charge on any atom is 0.413 e. The van der Waals surface area contributed by atoms with Gasteiger partial charge in [0.05, 0.1) is 19.6 Å². The normalized spacial score (nSPS) is 25.0. The molecule has 0 radical (unpaired) electrons. The molecule has 126 valence electrons. The van der Waals surface area contributed by atoms with E-state index >= 15 is 0 Å². The van der Waals surface area contributed by atoms with Crippen LogP contribution in [0, 0.1) is 0 Å². The summed E-state index contributed by atoms with van der Waals surface area (Å²) in [5.41, 5.74) is 1.09. The van der Waals surface area contributed by atoms with E-state index in [9.17, 15) is 4.79 Å². The molecule has 6 heteroatoms. The largest absolute Gasteiger partial charge is 0.467 e. The van der Waals surface area contributed by atoms with Crippen LogP contribution in [0.4, 0.5) is 4.79 Å². The van der Waals surface area contributed by atoms with E-state index in [0.717, 1.165) is 5.56 Å². The molecule has 2 aliphatic rings. The smallest absolute Gasteiger partial charge is 0.413 e. The molecule has 1 aromatic rings. The van der Waals surface area contributed by atoms with Gasteiger partial charge in [-0.1, -0.05) is 41.6 Å². The van der Waals surface area contributed by atoms with Crippen molar-refractivity contribution < 1.29 is 19.1 Å². The van der Waals surface area contributed by atoms with E-state index in [0.29, 0.717) is 18.7 Å². The topological polar surface area (TPSA) is 60.4 Å². The summed E-state index contributed by atoms with van der Waals surface area (Å²) >= 11 is 0. The van der Waals surface area contributed by atoms with Crippen molar-refractivity contribution in [2.45, 2.75) is 31.1 Å². The van der Waals surface area contributed by atoms with Gasteiger partial charge >= 0.3 is 6.09 Å². The van der Waals surface area contributed by atoms with Crippen LogP contribution in [0.25, 0.3) is 0 Å². The summed E-state index contributed by atoms with van der Waals surface area (Å²) in [4.78, 5) is 19.1. The Morgan fingerprint density at radius 1 is 1.42 bits per heavy atom. The average molecular weight is 328 g/mol. The Morgan fingerprint density at radius 3 is 2.92 bits per heavy atom. The third kappa shape index (κ3) is 3.27. The maximum atomic E-state index is 11.9. The van der Waals surface area contributed by atoms with Gasteiger partial charge in [-0.25, -0.2) is 4.79 Å². The Bertz CT molecular complexity index is 656. The molecule has 0 fully saturated rings. The first-order chi connectivity index (χ1) is 11.7. The molecule has 2 unspecified atom stereocenters. The van der Waals surface area contributed by atoms with Crippen molar-refractivity contribution in [2.24, 2.45) is 5.16 Å². The zero-order chi connectivity index (χ0) is 16.9. The fourth-order valence-electron chi connectivity index (χ4n) is 2.87. The van der Waals surface area contributed by atoms with Crippen molar-refractivity contribution >= 4 is 12.0 Å². The number of amides is 1. The average Bonchev–Trinajstić information content (AvgIpc) is 2.62. The lowest BCUT2D eigenvalue weighted by Crippen LogP contribution is -2.54. The lowest BCUT2D eigenvalue weighted by molar-refractivity contribution is -0.0835. The van der Waals surface area contributed by atoms with Crippen molar-refractivity contribution in [3.63, 3.8) is 0 Å². The van der Waals surface area contributed by atoms with Gasteiger partial charge in [0.15, 0.2) is 12.2 Å². The van der Waals surface area contributed by atoms with Crippen LogP contribution >= 0.6 is 0 Å². The minimum absolute atomic E-state index is 0.271. The maximum absolute atomic E-state index is 11.9. The van der Waals surface area contributed by atoms with Crippen LogP contribution in [-0.2, 0) is 20.7 Å². The highest BCUT2D eigenvalue weighted by Crippen LogP contribution is 2.28. The highest BCUT2D eigenvalue weighted by molar-refractivity contribution is 5.79. The van der Waals surface area contributed by atoms with E-state index in [-0.39, 0.29) is 12.1 Å². The summed E-state index contributed by atoms with van der Waals surface area (Å²) in [5.74, 6) is 0.524. The number of benzene rings is 1. The van der Waals surface area contributed by atoms with Crippen LogP contribution in [0.15, 0.2) is 60.4 Å². The van der Waals surface area contributed by atoms with Gasteiger partial charge in [0.25, 0.3) is 0 Å². The second kappa shape index (κ2) is 7.21. The number of carbonyl (C=O) groups is 1. The van der Waals surface area contributed by atoms with Gasteiger partial charge in [-0.15, -0.1) is 6.58 Å². The van der Waals surface area contributed by atoms with Gasteiger partial charge in [-0.05, 0) is 18.1 Å². The summed E-state index contributed by atoms with van der Waals surface area (Å²) in [5, 5.41) is 4.11. The first-order valence-corrected chi connectivity index (χ1v) is 7.81. The lowest BCUT2D eigenvalue weighted by Gasteiger charge is -2.40. The highest BCUT2D eigenvalue weighted by atomic mass is 16.7. The van der Waals surface area contributed by atoms with Crippen LogP contribution in [0.1, 0.15) is 12.0 Å². The number of rotatable bonds is 4. The molecule has 2 aliphatic heterocycles. The van der Waals surface area contributed by atoms with Crippen LogP contribution in [-0.4, -0.2) is 42.3 Å². The monoisotopic (exact) mass is 328 g/mol. The van der Waals surface area contributed by atoms with Crippen LogP contribution < -0.4 is 0 Å². The van der Waals surface area contributed by atoms with E-state index in [1.807, 2.05) is 30.3 Å². The Balaban J connectivity index is 1.75. The molecule has 6 nitrogen and oxygen atoms in total. The molecule has 0 N–H and O–H groups in total. The predicted octanol–water partition coefficient (Wildman–Crippen LogP) is 2.87. The van der Waals surface area contributed by atoms with E-state index in [4.69, 9.17) is 14.3 Å². The molecule has 3 atom stereocenters. The molecular weight excluding hydrogens is 308 g/mol. The SMILES string of the molecule is C=CCC1[C@@H]2ON=C(Cc3ccccc3)OC2C=CN1C(=O)OC. The minimum Gasteiger partial charge on any atom is -0.467 e. The van der Waals surface area contributed by atoms with Gasteiger partial charge in [-0.3, -0.25) is 4.90 Å². The highest BCUT2D eigenvalue weighted by Gasteiger charge is 2.42. The van der Waals surface area contributed by atoms with Crippen molar-refractivity contribution in [3.8, 4) is 0 Å². The molecule has 1 amide bonds. The zero-order valence-corrected chi connectivity index (χ0v) is 13.5. The molecule has 0 bridgehead atoms. The number of nitrogens with zero attached hydrogens (tertiary/aromatic N) is 2. The molecule has 0 aromatic heterocycles. The van der Waals surface area contributed by atoms with Gasteiger partial charge in [-0.2, -0.15) is 0 Å². The number of hydrogen-bond donors (Lipinski definition) is 0. The third-order valence-electron chi connectivity index (χ3n) is 4.04. The quantitative estimate of drug-likeness (QED) is 0.798. The molecule has 0 saturated carbocycles. The molecule has 3 rings (SSSR count). The van der Waals surface area contributed by atoms with Crippen LogP contribution in [0.3, 0.4) is 0 Å². The number of hydrogen-bond acceptors (Lipinski definition) is 5. The van der Waals surface area contributed by atoms with E-state index in [2.05, 4.69) is 11.7 Å². The van der Waals surface area contributed by atoms with Crippen molar-refractivity contribution in [1.82, 2.24) is 4.90 Å². The van der Waals surface area contributed by atoms with Crippen molar-refractivity contribution in [2.75, 3.05) is 7.11 Å². The van der Waals surface area contributed by atoms with Gasteiger partial charge < -0.3 is 14.3 Å². The fraction of sp³-hybridized carbons (Fsp3) is 0.333. The molecule has 0 spiro atoms. The Labute approximate surface area is 141 Å². The van der Waals surface area contributed by atoms with Crippen molar-refractivity contribution in [1.29, 1.82) is 0 Å². The summed E-state index contributed by atoms with van der Waals surface area (Å²) in [6.45, 7) is 3.75. The van der Waals surface area contributed by atoms with Gasteiger partial charge in [0.1, 0.15) is 0 Å².